The van der Waals surface area contributed by atoms with Crippen molar-refractivity contribution in [1.82, 2.24) is 15.3 Å². The summed E-state index contributed by atoms with van der Waals surface area (Å²) in [5.41, 5.74) is 9.68. The van der Waals surface area contributed by atoms with E-state index in [1.807, 2.05) is 42.5 Å². The molecule has 5 heteroatoms. The first-order valence-electron chi connectivity index (χ1n) is 7.56. The molecule has 3 rings (SSSR count). The van der Waals surface area contributed by atoms with Gasteiger partial charge >= 0.3 is 0 Å². The minimum absolute atomic E-state index is 0.143. The lowest BCUT2D eigenvalue weighted by Gasteiger charge is -2.10. The van der Waals surface area contributed by atoms with Crippen LogP contribution in [0.25, 0.3) is 11.0 Å². The van der Waals surface area contributed by atoms with Gasteiger partial charge in [0.05, 0.1) is 11.0 Å². The number of hydrogen-bond acceptors (Lipinski definition) is 4. The first kappa shape index (κ1) is 15.0. The Balaban J connectivity index is 1.82. The van der Waals surface area contributed by atoms with E-state index in [1.165, 1.54) is 5.56 Å². The molecule has 1 heterocycles. The third kappa shape index (κ3) is 3.13. The number of hydrogen-bond donors (Lipinski definition) is 2. The molecular weight excluding hydrogens is 288 g/mol. The van der Waals surface area contributed by atoms with E-state index in [2.05, 4.69) is 28.3 Å². The van der Waals surface area contributed by atoms with Crippen LogP contribution >= 0.6 is 0 Å². The van der Waals surface area contributed by atoms with E-state index >= 15 is 0 Å². The first-order valence-corrected chi connectivity index (χ1v) is 7.56. The standard InChI is InChI=1S/C18H18N4O/c1-2-12-7-3-4-8-13(12)11-20-18(23)16-17(19)22-15-10-6-5-9-14(15)21-16/h3-10H,2,11H2,1H3,(H2,19,22)(H,20,23). The number of benzene rings is 2. The van der Waals surface area contributed by atoms with Crippen LogP contribution in [0.4, 0.5) is 5.82 Å². The van der Waals surface area contributed by atoms with Crippen molar-refractivity contribution in [1.29, 1.82) is 0 Å². The predicted octanol–water partition coefficient (Wildman–Crippen LogP) is 2.70. The monoisotopic (exact) mass is 306 g/mol. The van der Waals surface area contributed by atoms with E-state index in [9.17, 15) is 4.79 Å². The number of nitrogens with zero attached hydrogens (tertiary/aromatic N) is 2. The third-order valence-electron chi connectivity index (χ3n) is 3.75. The molecular formula is C18H18N4O. The summed E-state index contributed by atoms with van der Waals surface area (Å²) >= 11 is 0. The normalized spacial score (nSPS) is 10.7. The Morgan fingerprint density at radius 3 is 2.30 bits per heavy atom. The molecule has 2 aromatic carbocycles. The van der Waals surface area contributed by atoms with E-state index in [0.29, 0.717) is 17.6 Å². The topological polar surface area (TPSA) is 80.9 Å². The van der Waals surface area contributed by atoms with E-state index in [0.717, 1.165) is 12.0 Å². The number of nitrogens with two attached hydrogens (primary N) is 1. The molecule has 1 aromatic heterocycles. The minimum atomic E-state index is -0.313. The van der Waals surface area contributed by atoms with E-state index in [-0.39, 0.29) is 17.4 Å². The van der Waals surface area contributed by atoms with E-state index in [4.69, 9.17) is 5.73 Å². The number of anilines is 1. The summed E-state index contributed by atoms with van der Waals surface area (Å²) < 4.78 is 0. The third-order valence-corrected chi connectivity index (χ3v) is 3.75. The molecule has 0 spiro atoms. The molecule has 0 radical (unpaired) electrons. The van der Waals surface area contributed by atoms with Gasteiger partial charge in [-0.3, -0.25) is 4.79 Å². The van der Waals surface area contributed by atoms with Crippen LogP contribution in [0, 0.1) is 0 Å². The summed E-state index contributed by atoms with van der Waals surface area (Å²) in [5, 5.41) is 2.87. The highest BCUT2D eigenvalue weighted by Crippen LogP contribution is 2.15. The fourth-order valence-electron chi connectivity index (χ4n) is 2.51. The molecule has 0 saturated carbocycles. The highest BCUT2D eigenvalue weighted by Gasteiger charge is 2.14. The van der Waals surface area contributed by atoms with Crippen molar-refractivity contribution in [3.05, 3.63) is 65.4 Å². The molecule has 0 atom stereocenters. The van der Waals surface area contributed by atoms with Crippen LogP contribution in [-0.2, 0) is 13.0 Å². The number of carbonyl (C=O) groups is 1. The predicted molar refractivity (Wildman–Crippen MR) is 90.9 cm³/mol. The summed E-state index contributed by atoms with van der Waals surface area (Å²) in [7, 11) is 0. The van der Waals surface area contributed by atoms with E-state index in [1.54, 1.807) is 0 Å². The zero-order valence-electron chi connectivity index (χ0n) is 12.9. The van der Waals surface area contributed by atoms with Crippen molar-refractivity contribution in [2.24, 2.45) is 0 Å². The zero-order chi connectivity index (χ0) is 16.2. The second-order valence-electron chi connectivity index (χ2n) is 5.25. The van der Waals surface area contributed by atoms with Gasteiger partial charge in [-0.05, 0) is 29.7 Å². The second-order valence-corrected chi connectivity index (χ2v) is 5.25. The summed E-state index contributed by atoms with van der Waals surface area (Å²) in [6, 6.07) is 15.4. The van der Waals surface area contributed by atoms with E-state index < -0.39 is 0 Å². The average molecular weight is 306 g/mol. The maximum Gasteiger partial charge on any atom is 0.274 e. The lowest BCUT2D eigenvalue weighted by Crippen LogP contribution is -2.26. The van der Waals surface area contributed by atoms with Gasteiger partial charge in [0.15, 0.2) is 11.5 Å². The molecule has 0 unspecified atom stereocenters. The Bertz CT molecular complexity index is 861. The minimum Gasteiger partial charge on any atom is -0.382 e. The number of nitrogen functional groups attached to an aromatic ring is 1. The van der Waals surface area contributed by atoms with Gasteiger partial charge in [-0.1, -0.05) is 43.3 Å². The van der Waals surface area contributed by atoms with Crippen molar-refractivity contribution < 1.29 is 4.79 Å². The number of rotatable bonds is 4. The first-order chi connectivity index (χ1) is 11.2. The quantitative estimate of drug-likeness (QED) is 0.776. The van der Waals surface area contributed by atoms with Gasteiger partial charge in [0.25, 0.3) is 5.91 Å². The van der Waals surface area contributed by atoms with Gasteiger partial charge in [0.1, 0.15) is 0 Å². The van der Waals surface area contributed by atoms with Gasteiger partial charge < -0.3 is 11.1 Å². The fraction of sp³-hybridized carbons (Fsp3) is 0.167. The lowest BCUT2D eigenvalue weighted by atomic mass is 10.1. The fourth-order valence-corrected chi connectivity index (χ4v) is 2.51. The zero-order valence-corrected chi connectivity index (χ0v) is 12.9. The number of aryl methyl sites for hydroxylation is 1. The molecule has 3 aromatic rings. The maximum atomic E-state index is 12.4. The Kier molecular flexibility index (Phi) is 4.19. The molecule has 0 aliphatic rings. The van der Waals surface area contributed by atoms with Gasteiger partial charge in [-0.2, -0.15) is 0 Å². The summed E-state index contributed by atoms with van der Waals surface area (Å²) in [5.74, 6) is -0.170. The lowest BCUT2D eigenvalue weighted by molar-refractivity contribution is 0.0947. The molecule has 3 N–H and O–H groups in total. The molecule has 0 aliphatic heterocycles. The SMILES string of the molecule is CCc1ccccc1CNC(=O)c1nc2ccccc2nc1N. The van der Waals surface area contributed by atoms with Gasteiger partial charge in [-0.25, -0.2) is 9.97 Å². The molecule has 0 fully saturated rings. The van der Waals surface area contributed by atoms with Crippen molar-refractivity contribution in [2.45, 2.75) is 19.9 Å². The van der Waals surface area contributed by atoms with Crippen LogP contribution in [-0.4, -0.2) is 15.9 Å². The molecule has 0 saturated heterocycles. The Hall–Kier alpha value is -2.95. The van der Waals surface area contributed by atoms with Crippen LogP contribution in [0.1, 0.15) is 28.5 Å². The average Bonchev–Trinajstić information content (AvgIpc) is 2.59. The molecule has 0 bridgehead atoms. The largest absolute Gasteiger partial charge is 0.382 e. The number of para-hydroxylation sites is 2. The Morgan fingerprint density at radius 1 is 1.00 bits per heavy atom. The maximum absolute atomic E-state index is 12.4. The van der Waals surface area contributed by atoms with Crippen LogP contribution < -0.4 is 11.1 Å². The molecule has 5 nitrogen and oxygen atoms in total. The van der Waals surface area contributed by atoms with Crippen molar-refractivity contribution in [3.8, 4) is 0 Å². The molecule has 116 valence electrons. The molecule has 0 aliphatic carbocycles. The van der Waals surface area contributed by atoms with Gasteiger partial charge in [-0.15, -0.1) is 0 Å². The number of amides is 1. The Labute approximate surface area is 134 Å². The molecule has 1 amide bonds. The Morgan fingerprint density at radius 2 is 1.61 bits per heavy atom. The van der Waals surface area contributed by atoms with Gasteiger partial charge in [0, 0.05) is 6.54 Å². The van der Waals surface area contributed by atoms with Gasteiger partial charge in [0.2, 0.25) is 0 Å². The number of nitrogens with one attached hydrogen (secondary N) is 1. The van der Waals surface area contributed by atoms with Crippen molar-refractivity contribution in [2.75, 3.05) is 5.73 Å². The summed E-state index contributed by atoms with van der Waals surface area (Å²) in [6.07, 6.45) is 0.921. The van der Waals surface area contributed by atoms with Crippen LogP contribution in [0.3, 0.4) is 0 Å². The highest BCUT2D eigenvalue weighted by atomic mass is 16.1. The number of aromatic nitrogens is 2. The number of carbonyl (C=O) groups excluding carboxylic acids is 1. The van der Waals surface area contributed by atoms with Crippen LogP contribution in [0.2, 0.25) is 0 Å². The number of fused-ring (bicyclic) bond motifs is 1. The van der Waals surface area contributed by atoms with Crippen LogP contribution in [0.15, 0.2) is 48.5 Å². The van der Waals surface area contributed by atoms with Crippen molar-refractivity contribution in [3.63, 3.8) is 0 Å². The smallest absolute Gasteiger partial charge is 0.274 e. The van der Waals surface area contributed by atoms with Crippen LogP contribution in [0.5, 0.6) is 0 Å². The summed E-state index contributed by atoms with van der Waals surface area (Å²) in [4.78, 5) is 21.0. The molecule has 23 heavy (non-hydrogen) atoms. The second kappa shape index (κ2) is 6.44. The highest BCUT2D eigenvalue weighted by molar-refractivity contribution is 5.98. The van der Waals surface area contributed by atoms with Crippen molar-refractivity contribution >= 4 is 22.8 Å². The summed E-state index contributed by atoms with van der Waals surface area (Å²) in [6.45, 7) is 2.53.